The molecule has 114 valence electrons. The number of carbonyl (C=O) groups is 2. The summed E-state index contributed by atoms with van der Waals surface area (Å²) in [7, 11) is 0. The number of carbonyl (C=O) groups excluding carboxylic acids is 1. The molecule has 2 amide bonds. The Hall–Kier alpha value is -1.54. The lowest BCUT2D eigenvalue weighted by molar-refractivity contribution is -0.142. The predicted molar refractivity (Wildman–Crippen MR) is 58.7 cm³/mol. The van der Waals surface area contributed by atoms with Gasteiger partial charge in [-0.1, -0.05) is 0 Å². The highest BCUT2D eigenvalue weighted by molar-refractivity contribution is 5.79. The predicted octanol–water partition coefficient (Wildman–Crippen LogP) is 1.53. The van der Waals surface area contributed by atoms with Crippen molar-refractivity contribution in [3.8, 4) is 0 Å². The molecule has 0 aromatic heterocycles. The van der Waals surface area contributed by atoms with Crippen molar-refractivity contribution in [2.24, 2.45) is 5.92 Å². The van der Waals surface area contributed by atoms with Crippen LogP contribution in [0.15, 0.2) is 0 Å². The Bertz CT molecular complexity index is 418. The largest absolute Gasteiger partial charge is 0.481 e. The van der Waals surface area contributed by atoms with Gasteiger partial charge in [0.05, 0.1) is 12.5 Å². The maximum absolute atomic E-state index is 12.7. The van der Waals surface area contributed by atoms with Crippen molar-refractivity contribution in [2.75, 3.05) is 6.54 Å². The maximum Gasteiger partial charge on any atom is 0.324 e. The third-order valence-corrected chi connectivity index (χ3v) is 3.88. The molecule has 0 saturated carbocycles. The first kappa shape index (κ1) is 14.9. The topological polar surface area (TPSA) is 69.6 Å². The molecule has 9 heteroatoms. The number of nitrogens with one attached hydrogen (secondary N) is 1. The highest BCUT2D eigenvalue weighted by atomic mass is 19.3. The zero-order valence-electron chi connectivity index (χ0n) is 10.4. The third kappa shape index (κ3) is 2.53. The second kappa shape index (κ2) is 5.10. The summed E-state index contributed by atoms with van der Waals surface area (Å²) in [4.78, 5) is 24.0. The van der Waals surface area contributed by atoms with Gasteiger partial charge in [-0.25, -0.2) is 13.6 Å². The molecule has 2 aliphatic rings. The molecule has 3 atom stereocenters. The summed E-state index contributed by atoms with van der Waals surface area (Å²) in [5.41, 5.74) is 0. The molecule has 20 heavy (non-hydrogen) atoms. The van der Waals surface area contributed by atoms with Crippen LogP contribution in [0.2, 0.25) is 0 Å². The summed E-state index contributed by atoms with van der Waals surface area (Å²) >= 11 is 0. The summed E-state index contributed by atoms with van der Waals surface area (Å²) in [5, 5.41) is 10.8. The van der Waals surface area contributed by atoms with E-state index in [1.54, 1.807) is 5.32 Å². The van der Waals surface area contributed by atoms with Crippen molar-refractivity contribution in [1.29, 1.82) is 0 Å². The van der Waals surface area contributed by atoms with Crippen LogP contribution in [0.4, 0.5) is 22.4 Å². The van der Waals surface area contributed by atoms with E-state index < -0.39 is 42.9 Å². The highest BCUT2D eigenvalue weighted by Crippen LogP contribution is 2.41. The molecule has 2 saturated heterocycles. The summed E-state index contributed by atoms with van der Waals surface area (Å²) in [6.07, 6.45) is -2.49. The minimum Gasteiger partial charge on any atom is -0.481 e. The summed E-state index contributed by atoms with van der Waals surface area (Å²) in [5.74, 6) is -6.04. The molecular formula is C11H14F4N2O3. The zero-order valence-corrected chi connectivity index (χ0v) is 10.4. The molecule has 2 aliphatic heterocycles. The minimum atomic E-state index is -4.29. The second-order valence-corrected chi connectivity index (χ2v) is 5.11. The van der Waals surface area contributed by atoms with E-state index in [0.29, 0.717) is 12.8 Å². The van der Waals surface area contributed by atoms with Gasteiger partial charge in [0.25, 0.3) is 0 Å². The van der Waals surface area contributed by atoms with Crippen molar-refractivity contribution in [3.05, 3.63) is 0 Å². The Morgan fingerprint density at radius 1 is 1.35 bits per heavy atom. The van der Waals surface area contributed by atoms with E-state index in [1.165, 1.54) is 4.90 Å². The van der Waals surface area contributed by atoms with Gasteiger partial charge in [0.15, 0.2) is 0 Å². The van der Waals surface area contributed by atoms with Gasteiger partial charge in [-0.15, -0.1) is 0 Å². The number of hydrogen-bond acceptors (Lipinski definition) is 2. The number of hydrogen-bond donors (Lipinski definition) is 2. The fourth-order valence-electron chi connectivity index (χ4n) is 2.93. The highest BCUT2D eigenvalue weighted by Gasteiger charge is 2.52. The number of halogens is 4. The number of nitrogens with zero attached hydrogens (tertiary/aromatic N) is 1. The van der Waals surface area contributed by atoms with Crippen LogP contribution in [-0.4, -0.2) is 53.0 Å². The summed E-state index contributed by atoms with van der Waals surface area (Å²) in [6.45, 7) is -1.46. The monoisotopic (exact) mass is 298 g/mol. The number of amides is 2. The zero-order chi connectivity index (χ0) is 15.1. The first-order valence-corrected chi connectivity index (χ1v) is 6.19. The van der Waals surface area contributed by atoms with E-state index in [2.05, 4.69) is 0 Å². The smallest absolute Gasteiger partial charge is 0.324 e. The van der Waals surface area contributed by atoms with Crippen LogP contribution < -0.4 is 5.32 Å². The Morgan fingerprint density at radius 3 is 2.50 bits per heavy atom. The number of rotatable bonds is 4. The standard InChI is InChI=1S/C11H14F4N2O3/c12-9(13)11(14,15)4-16-10(20)17-5-1-2-7(17)6(3-5)8(18)19/h5-7,9H,1-4H2,(H,16,20)(H,18,19). The molecule has 3 unspecified atom stereocenters. The van der Waals surface area contributed by atoms with Crippen LogP contribution >= 0.6 is 0 Å². The van der Waals surface area contributed by atoms with Gasteiger partial charge in [0, 0.05) is 12.1 Å². The number of alkyl halides is 4. The van der Waals surface area contributed by atoms with Gasteiger partial charge in [-0.3, -0.25) is 4.79 Å². The van der Waals surface area contributed by atoms with E-state index in [-0.39, 0.29) is 12.5 Å². The summed E-state index contributed by atoms with van der Waals surface area (Å²) < 4.78 is 49.4. The Labute approximate surface area is 111 Å². The fraction of sp³-hybridized carbons (Fsp3) is 0.818. The lowest BCUT2D eigenvalue weighted by Crippen LogP contribution is -2.49. The van der Waals surface area contributed by atoms with Crippen molar-refractivity contribution < 1.29 is 32.3 Å². The van der Waals surface area contributed by atoms with Gasteiger partial charge in [0.2, 0.25) is 0 Å². The first-order chi connectivity index (χ1) is 9.24. The maximum atomic E-state index is 12.7. The minimum absolute atomic E-state index is 0.276. The summed E-state index contributed by atoms with van der Waals surface area (Å²) in [6, 6.07) is -1.76. The normalized spacial score (nSPS) is 29.1. The Kier molecular flexibility index (Phi) is 3.79. The van der Waals surface area contributed by atoms with E-state index in [1.807, 2.05) is 0 Å². The average molecular weight is 298 g/mol. The van der Waals surface area contributed by atoms with Crippen molar-refractivity contribution >= 4 is 12.0 Å². The lowest BCUT2D eigenvalue weighted by atomic mass is 9.89. The van der Waals surface area contributed by atoms with Gasteiger partial charge in [0.1, 0.15) is 0 Å². The molecule has 0 aromatic carbocycles. The number of aliphatic carboxylic acids is 1. The van der Waals surface area contributed by atoms with Crippen LogP contribution in [0.5, 0.6) is 0 Å². The number of fused-ring (bicyclic) bond motifs is 2. The van der Waals surface area contributed by atoms with Crippen molar-refractivity contribution in [1.82, 2.24) is 10.2 Å². The average Bonchev–Trinajstić information content (AvgIpc) is 2.93. The molecule has 2 bridgehead atoms. The fourth-order valence-corrected chi connectivity index (χ4v) is 2.93. The van der Waals surface area contributed by atoms with E-state index >= 15 is 0 Å². The van der Waals surface area contributed by atoms with Gasteiger partial charge < -0.3 is 15.3 Å². The number of carboxylic acids is 1. The number of carboxylic acid groups (broad SMARTS) is 1. The number of urea groups is 1. The van der Waals surface area contributed by atoms with Crippen molar-refractivity contribution in [2.45, 2.75) is 43.7 Å². The molecule has 0 radical (unpaired) electrons. The lowest BCUT2D eigenvalue weighted by Gasteiger charge is -2.25. The molecule has 2 rings (SSSR count). The SMILES string of the molecule is O=C(O)C1CC2CCC1N2C(=O)NCC(F)(F)C(F)F. The van der Waals surface area contributed by atoms with Crippen LogP contribution in [0, 0.1) is 5.92 Å². The van der Waals surface area contributed by atoms with Crippen LogP contribution in [-0.2, 0) is 4.79 Å². The Balaban J connectivity index is 1.96. The van der Waals surface area contributed by atoms with E-state index in [0.717, 1.165) is 0 Å². The molecule has 2 N–H and O–H groups in total. The van der Waals surface area contributed by atoms with Crippen molar-refractivity contribution in [3.63, 3.8) is 0 Å². The quantitative estimate of drug-likeness (QED) is 0.773. The van der Waals surface area contributed by atoms with Gasteiger partial charge >= 0.3 is 24.3 Å². The van der Waals surface area contributed by atoms with E-state index in [9.17, 15) is 27.2 Å². The molecule has 2 heterocycles. The first-order valence-electron chi connectivity index (χ1n) is 6.19. The Morgan fingerprint density at radius 2 is 2.00 bits per heavy atom. The third-order valence-electron chi connectivity index (χ3n) is 3.88. The molecule has 2 fully saturated rings. The second-order valence-electron chi connectivity index (χ2n) is 5.11. The molecule has 0 aromatic rings. The molecule has 5 nitrogen and oxygen atoms in total. The molecule has 0 aliphatic carbocycles. The van der Waals surface area contributed by atoms with E-state index in [4.69, 9.17) is 5.11 Å². The van der Waals surface area contributed by atoms with Crippen LogP contribution in [0.1, 0.15) is 19.3 Å². The molecular weight excluding hydrogens is 284 g/mol. The molecule has 0 spiro atoms. The van der Waals surface area contributed by atoms with Crippen LogP contribution in [0.25, 0.3) is 0 Å². The van der Waals surface area contributed by atoms with Crippen LogP contribution in [0.3, 0.4) is 0 Å². The van der Waals surface area contributed by atoms with Gasteiger partial charge in [-0.05, 0) is 19.3 Å². The van der Waals surface area contributed by atoms with Gasteiger partial charge in [-0.2, -0.15) is 8.78 Å².